The van der Waals surface area contributed by atoms with Crippen LogP contribution in [0.1, 0.15) is 46.5 Å². The summed E-state index contributed by atoms with van der Waals surface area (Å²) in [7, 11) is -3.31. The maximum Gasteiger partial charge on any atom is 0.303 e. The van der Waals surface area contributed by atoms with E-state index in [0.29, 0.717) is 19.0 Å². The molecule has 0 aliphatic rings. The number of carbonyl (C=O) groups is 1. The molecule has 0 aromatic carbocycles. The van der Waals surface area contributed by atoms with Gasteiger partial charge in [0, 0.05) is 19.5 Å². The van der Waals surface area contributed by atoms with Gasteiger partial charge in [-0.15, -0.1) is 0 Å². The normalized spacial score (nSPS) is 12.3. The largest absolute Gasteiger partial charge is 0.481 e. The van der Waals surface area contributed by atoms with Gasteiger partial charge in [0.25, 0.3) is 0 Å². The molecule has 0 spiro atoms. The number of rotatable bonds is 10. The Labute approximate surface area is 110 Å². The summed E-state index contributed by atoms with van der Waals surface area (Å²) in [4.78, 5) is 10.4. The van der Waals surface area contributed by atoms with E-state index in [4.69, 9.17) is 5.11 Å². The molecule has 0 unspecified atom stereocenters. The predicted molar refractivity (Wildman–Crippen MR) is 72.0 cm³/mol. The van der Waals surface area contributed by atoms with Crippen LogP contribution in [0.2, 0.25) is 0 Å². The Morgan fingerprint density at radius 1 is 1.22 bits per heavy atom. The van der Waals surface area contributed by atoms with Gasteiger partial charge < -0.3 is 5.11 Å². The third-order valence-corrected chi connectivity index (χ3v) is 5.15. The molecule has 0 amide bonds. The molecule has 0 saturated carbocycles. The monoisotopic (exact) mass is 279 g/mol. The second kappa shape index (κ2) is 8.48. The van der Waals surface area contributed by atoms with Crippen molar-refractivity contribution in [1.29, 1.82) is 0 Å². The standard InChI is InChI=1S/C12H25NO4S/c1-4-11(5-2)10-13(6-3)18(16,17)9-7-8-12(14)15/h11H,4-10H2,1-3H3,(H,14,15). The molecule has 0 saturated heterocycles. The minimum atomic E-state index is -3.31. The summed E-state index contributed by atoms with van der Waals surface area (Å²) < 4.78 is 25.6. The van der Waals surface area contributed by atoms with E-state index < -0.39 is 16.0 Å². The highest BCUT2D eigenvalue weighted by Gasteiger charge is 2.22. The first kappa shape index (κ1) is 17.4. The van der Waals surface area contributed by atoms with Crippen molar-refractivity contribution in [1.82, 2.24) is 4.31 Å². The zero-order valence-corrected chi connectivity index (χ0v) is 12.4. The van der Waals surface area contributed by atoms with Crippen molar-refractivity contribution in [2.24, 2.45) is 5.92 Å². The van der Waals surface area contributed by atoms with Crippen LogP contribution in [0.4, 0.5) is 0 Å². The molecule has 108 valence electrons. The van der Waals surface area contributed by atoms with Crippen LogP contribution in [-0.4, -0.2) is 42.6 Å². The first-order valence-electron chi connectivity index (χ1n) is 6.56. The Kier molecular flexibility index (Phi) is 8.18. The fourth-order valence-electron chi connectivity index (χ4n) is 1.81. The third-order valence-electron chi connectivity index (χ3n) is 3.16. The van der Waals surface area contributed by atoms with E-state index in [1.165, 1.54) is 4.31 Å². The highest BCUT2D eigenvalue weighted by atomic mass is 32.2. The molecule has 0 aromatic rings. The fourth-order valence-corrected chi connectivity index (χ4v) is 3.41. The van der Waals surface area contributed by atoms with Crippen LogP contribution < -0.4 is 0 Å². The minimum absolute atomic E-state index is 0.0761. The van der Waals surface area contributed by atoms with E-state index in [0.717, 1.165) is 12.8 Å². The summed E-state index contributed by atoms with van der Waals surface area (Å²) in [6, 6.07) is 0. The number of hydrogen-bond acceptors (Lipinski definition) is 3. The quantitative estimate of drug-likeness (QED) is 0.663. The van der Waals surface area contributed by atoms with Gasteiger partial charge in [-0.05, 0) is 12.3 Å². The summed E-state index contributed by atoms with van der Waals surface area (Å²) in [6.45, 7) is 6.92. The smallest absolute Gasteiger partial charge is 0.303 e. The number of carboxylic acid groups (broad SMARTS) is 1. The molecule has 18 heavy (non-hydrogen) atoms. The molecule has 0 bridgehead atoms. The number of nitrogens with zero attached hydrogens (tertiary/aromatic N) is 1. The van der Waals surface area contributed by atoms with Gasteiger partial charge >= 0.3 is 5.97 Å². The van der Waals surface area contributed by atoms with Gasteiger partial charge in [-0.2, -0.15) is 0 Å². The van der Waals surface area contributed by atoms with Gasteiger partial charge in [-0.25, -0.2) is 12.7 Å². The first-order valence-corrected chi connectivity index (χ1v) is 8.17. The summed E-state index contributed by atoms with van der Waals surface area (Å²) in [5.41, 5.74) is 0. The lowest BCUT2D eigenvalue weighted by Gasteiger charge is -2.24. The van der Waals surface area contributed by atoms with Crippen LogP contribution in [0.3, 0.4) is 0 Å². The van der Waals surface area contributed by atoms with Crippen molar-refractivity contribution < 1.29 is 18.3 Å². The average Bonchev–Trinajstić information content (AvgIpc) is 2.29. The first-order chi connectivity index (χ1) is 8.37. The molecule has 0 radical (unpaired) electrons. The molecule has 0 atom stereocenters. The molecule has 0 aliphatic heterocycles. The van der Waals surface area contributed by atoms with Crippen LogP contribution in [0.25, 0.3) is 0 Å². The molecular weight excluding hydrogens is 254 g/mol. The molecule has 1 N–H and O–H groups in total. The topological polar surface area (TPSA) is 74.7 Å². The molecule has 0 heterocycles. The fraction of sp³-hybridized carbons (Fsp3) is 0.917. The van der Waals surface area contributed by atoms with Gasteiger partial charge in [0.15, 0.2) is 0 Å². The van der Waals surface area contributed by atoms with Crippen LogP contribution in [0.5, 0.6) is 0 Å². The van der Waals surface area contributed by atoms with Crippen molar-refractivity contribution >= 4 is 16.0 Å². The van der Waals surface area contributed by atoms with Gasteiger partial charge in [-0.3, -0.25) is 4.79 Å². The number of hydrogen-bond donors (Lipinski definition) is 1. The summed E-state index contributed by atoms with van der Waals surface area (Å²) >= 11 is 0. The molecule has 5 nitrogen and oxygen atoms in total. The third kappa shape index (κ3) is 6.35. The Balaban J connectivity index is 4.46. The van der Waals surface area contributed by atoms with Crippen molar-refractivity contribution in [2.75, 3.05) is 18.8 Å². The lowest BCUT2D eigenvalue weighted by Crippen LogP contribution is -2.36. The Hall–Kier alpha value is -0.620. The Bertz CT molecular complexity index is 336. The summed E-state index contributed by atoms with van der Waals surface area (Å²) in [6.07, 6.45) is 1.99. The maximum atomic E-state index is 12.0. The van der Waals surface area contributed by atoms with E-state index in [1.54, 1.807) is 0 Å². The SMILES string of the molecule is CCC(CC)CN(CC)S(=O)(=O)CCCC(=O)O. The molecule has 0 fully saturated rings. The van der Waals surface area contributed by atoms with Gasteiger partial charge in [0.1, 0.15) is 0 Å². The zero-order valence-electron chi connectivity index (χ0n) is 11.6. The van der Waals surface area contributed by atoms with Crippen LogP contribution in [-0.2, 0) is 14.8 Å². The summed E-state index contributed by atoms with van der Waals surface area (Å²) in [5, 5.41) is 8.52. The number of aliphatic carboxylic acids is 1. The number of carboxylic acids is 1. The van der Waals surface area contributed by atoms with Crippen molar-refractivity contribution in [3.8, 4) is 0 Å². The van der Waals surface area contributed by atoms with Crippen molar-refractivity contribution in [2.45, 2.75) is 46.5 Å². The lowest BCUT2D eigenvalue weighted by atomic mass is 10.0. The minimum Gasteiger partial charge on any atom is -0.481 e. The van der Waals surface area contributed by atoms with Crippen molar-refractivity contribution in [3.05, 3.63) is 0 Å². The van der Waals surface area contributed by atoms with Gasteiger partial charge in [-0.1, -0.05) is 33.6 Å². The van der Waals surface area contributed by atoms with Crippen molar-refractivity contribution in [3.63, 3.8) is 0 Å². The Morgan fingerprint density at radius 3 is 2.17 bits per heavy atom. The zero-order chi connectivity index (χ0) is 14.2. The van der Waals surface area contributed by atoms with Gasteiger partial charge in [0.2, 0.25) is 10.0 Å². The van der Waals surface area contributed by atoms with Crippen LogP contribution in [0, 0.1) is 5.92 Å². The van der Waals surface area contributed by atoms with Gasteiger partial charge in [0.05, 0.1) is 5.75 Å². The lowest BCUT2D eigenvalue weighted by molar-refractivity contribution is -0.137. The second-order valence-corrected chi connectivity index (χ2v) is 6.53. The molecule has 0 aromatic heterocycles. The molecular formula is C12H25NO4S. The van der Waals surface area contributed by atoms with E-state index in [9.17, 15) is 13.2 Å². The van der Waals surface area contributed by atoms with E-state index >= 15 is 0 Å². The van der Waals surface area contributed by atoms with E-state index in [2.05, 4.69) is 13.8 Å². The molecule has 0 aliphatic carbocycles. The second-order valence-electron chi connectivity index (χ2n) is 4.45. The highest BCUT2D eigenvalue weighted by molar-refractivity contribution is 7.89. The van der Waals surface area contributed by atoms with Crippen LogP contribution in [0.15, 0.2) is 0 Å². The Morgan fingerprint density at radius 2 is 1.78 bits per heavy atom. The highest BCUT2D eigenvalue weighted by Crippen LogP contribution is 2.14. The molecule has 6 heteroatoms. The maximum absolute atomic E-state index is 12.0. The van der Waals surface area contributed by atoms with E-state index in [-0.39, 0.29) is 18.6 Å². The number of sulfonamides is 1. The van der Waals surface area contributed by atoms with E-state index in [1.807, 2.05) is 6.92 Å². The molecule has 0 rings (SSSR count). The summed E-state index contributed by atoms with van der Waals surface area (Å²) in [5.74, 6) is -0.653. The van der Waals surface area contributed by atoms with Crippen LogP contribution >= 0.6 is 0 Å². The predicted octanol–water partition coefficient (Wildman–Crippen LogP) is 1.94. The average molecular weight is 279 g/mol.